The molecule has 0 saturated carbocycles. The van der Waals surface area contributed by atoms with Crippen molar-refractivity contribution >= 4 is 21.6 Å². The van der Waals surface area contributed by atoms with E-state index >= 15 is 0 Å². The van der Waals surface area contributed by atoms with Crippen molar-refractivity contribution in [2.75, 3.05) is 20.1 Å². The van der Waals surface area contributed by atoms with E-state index in [0.29, 0.717) is 18.7 Å². The van der Waals surface area contributed by atoms with Gasteiger partial charge in [-0.25, -0.2) is 18.1 Å². The molecule has 0 aliphatic carbocycles. The third kappa shape index (κ3) is 7.12. The fraction of sp³-hybridized carbons (Fsp3) is 0.417. The van der Waals surface area contributed by atoms with E-state index in [0.717, 1.165) is 24.2 Å². The van der Waals surface area contributed by atoms with Gasteiger partial charge in [-0.05, 0) is 49.8 Å². The van der Waals surface area contributed by atoms with Crippen molar-refractivity contribution in [3.05, 3.63) is 66.1 Å². The van der Waals surface area contributed by atoms with Crippen LogP contribution in [-0.4, -0.2) is 54.8 Å². The number of aromatic nitrogens is 2. The molecule has 2 N–H and O–H groups in total. The number of carbonyl (C=O) groups excluding carboxylic acids is 1. The number of rotatable bonds is 6. The number of amides is 1. The Balaban J connectivity index is 0.000000914. The summed E-state index contributed by atoms with van der Waals surface area (Å²) in [6.45, 7) is 9.91. The SMILES string of the molecule is CC.CC.CN1CCC(NS(=O)(=O)c2ccc(CNC(=O)c3ccc4nccn4c3)cc2)C1. The van der Waals surface area contributed by atoms with Gasteiger partial charge in [-0.15, -0.1) is 0 Å². The lowest BCUT2D eigenvalue weighted by Gasteiger charge is -2.13. The van der Waals surface area contributed by atoms with Gasteiger partial charge in [0.15, 0.2) is 0 Å². The molecular formula is C24H35N5O3S. The van der Waals surface area contributed by atoms with Gasteiger partial charge in [0.05, 0.1) is 10.5 Å². The average molecular weight is 474 g/mol. The maximum atomic E-state index is 12.5. The van der Waals surface area contributed by atoms with Crippen LogP contribution < -0.4 is 10.0 Å². The summed E-state index contributed by atoms with van der Waals surface area (Å²) < 4.78 is 29.6. The van der Waals surface area contributed by atoms with Crippen molar-refractivity contribution in [1.82, 2.24) is 24.3 Å². The number of sulfonamides is 1. The van der Waals surface area contributed by atoms with Crippen molar-refractivity contribution in [3.63, 3.8) is 0 Å². The number of nitrogens with one attached hydrogen (secondary N) is 2. The van der Waals surface area contributed by atoms with Crippen molar-refractivity contribution < 1.29 is 13.2 Å². The number of likely N-dealkylation sites (N-methyl/N-ethyl adjacent to an activating group) is 1. The van der Waals surface area contributed by atoms with Gasteiger partial charge < -0.3 is 14.6 Å². The Morgan fingerprint density at radius 2 is 1.79 bits per heavy atom. The Labute approximate surface area is 197 Å². The van der Waals surface area contributed by atoms with Gasteiger partial charge in [-0.2, -0.15) is 0 Å². The summed E-state index contributed by atoms with van der Waals surface area (Å²) in [5.74, 6) is -0.204. The van der Waals surface area contributed by atoms with Crippen LogP contribution >= 0.6 is 0 Å². The van der Waals surface area contributed by atoms with Crippen molar-refractivity contribution in [1.29, 1.82) is 0 Å². The summed E-state index contributed by atoms with van der Waals surface area (Å²) in [5, 5.41) is 2.85. The van der Waals surface area contributed by atoms with Crippen LogP contribution in [0, 0.1) is 0 Å². The first kappa shape index (κ1) is 26.5. The van der Waals surface area contributed by atoms with E-state index in [-0.39, 0.29) is 16.8 Å². The number of carbonyl (C=O) groups is 1. The molecule has 3 aromatic rings. The predicted molar refractivity (Wildman–Crippen MR) is 132 cm³/mol. The van der Waals surface area contributed by atoms with E-state index < -0.39 is 10.0 Å². The summed E-state index contributed by atoms with van der Waals surface area (Å²) in [6, 6.07) is 10.0. The van der Waals surface area contributed by atoms with Gasteiger partial charge in [0.25, 0.3) is 5.91 Å². The van der Waals surface area contributed by atoms with E-state index in [1.54, 1.807) is 59.4 Å². The molecule has 33 heavy (non-hydrogen) atoms. The quantitative estimate of drug-likeness (QED) is 0.573. The molecule has 1 aromatic carbocycles. The highest BCUT2D eigenvalue weighted by Crippen LogP contribution is 2.14. The molecule has 1 amide bonds. The summed E-state index contributed by atoms with van der Waals surface area (Å²) in [5.41, 5.74) is 2.12. The number of benzene rings is 1. The van der Waals surface area contributed by atoms with Gasteiger partial charge in [0.2, 0.25) is 10.0 Å². The lowest BCUT2D eigenvalue weighted by atomic mass is 10.2. The highest BCUT2D eigenvalue weighted by molar-refractivity contribution is 7.89. The second kappa shape index (κ2) is 12.5. The van der Waals surface area contributed by atoms with Gasteiger partial charge in [0, 0.05) is 37.7 Å². The van der Waals surface area contributed by atoms with Gasteiger partial charge in [-0.3, -0.25) is 4.79 Å². The molecule has 1 unspecified atom stereocenters. The summed E-state index contributed by atoms with van der Waals surface area (Å²) in [7, 11) is -1.57. The van der Waals surface area contributed by atoms with Gasteiger partial charge >= 0.3 is 0 Å². The Bertz CT molecular complexity index is 1130. The molecular weight excluding hydrogens is 438 g/mol. The molecule has 4 rings (SSSR count). The molecule has 1 saturated heterocycles. The summed E-state index contributed by atoms with van der Waals surface area (Å²) >= 11 is 0. The maximum absolute atomic E-state index is 12.5. The standard InChI is InChI=1S/C20H23N5O3S.2C2H6/c1-24-10-8-17(14-24)23-29(27,28)18-5-2-15(3-6-18)12-22-20(26)16-4-7-19-21-9-11-25(19)13-16;2*1-2/h2-7,9,11,13,17,23H,8,10,12,14H2,1H3,(H,22,26);2*1-2H3. The molecule has 180 valence electrons. The number of hydrogen-bond acceptors (Lipinski definition) is 5. The fourth-order valence-corrected chi connectivity index (χ4v) is 4.71. The van der Waals surface area contributed by atoms with E-state index in [1.807, 2.05) is 34.7 Å². The van der Waals surface area contributed by atoms with Crippen LogP contribution in [0.15, 0.2) is 59.9 Å². The smallest absolute Gasteiger partial charge is 0.253 e. The van der Waals surface area contributed by atoms with Gasteiger partial charge in [0.1, 0.15) is 5.65 Å². The minimum atomic E-state index is -3.55. The van der Waals surface area contributed by atoms with Crippen molar-refractivity contribution in [3.8, 4) is 0 Å². The molecule has 1 aliphatic heterocycles. The third-order valence-electron chi connectivity index (χ3n) is 5.05. The summed E-state index contributed by atoms with van der Waals surface area (Å²) in [6.07, 6.45) is 5.99. The van der Waals surface area contributed by atoms with Crippen LogP contribution in [-0.2, 0) is 16.6 Å². The molecule has 0 spiro atoms. The Morgan fingerprint density at radius 1 is 1.09 bits per heavy atom. The minimum absolute atomic E-state index is 0.0585. The van der Waals surface area contributed by atoms with Gasteiger partial charge in [-0.1, -0.05) is 39.8 Å². The van der Waals surface area contributed by atoms with Crippen LogP contribution in [0.25, 0.3) is 5.65 Å². The number of pyridine rings is 1. The number of likely N-dealkylation sites (tertiary alicyclic amines) is 1. The van der Waals surface area contributed by atoms with Crippen LogP contribution in [0.4, 0.5) is 0 Å². The Morgan fingerprint density at radius 3 is 2.42 bits per heavy atom. The first-order valence-corrected chi connectivity index (χ1v) is 12.9. The first-order valence-electron chi connectivity index (χ1n) is 11.4. The molecule has 1 fully saturated rings. The predicted octanol–water partition coefficient (Wildman–Crippen LogP) is 3.30. The Hall–Kier alpha value is -2.75. The second-order valence-corrected chi connectivity index (χ2v) is 9.02. The zero-order valence-electron chi connectivity index (χ0n) is 20.1. The first-order chi connectivity index (χ1) is 15.9. The normalized spacial score (nSPS) is 15.8. The largest absolute Gasteiger partial charge is 0.348 e. The highest BCUT2D eigenvalue weighted by atomic mass is 32.2. The number of nitrogens with zero attached hydrogens (tertiary/aromatic N) is 3. The lowest BCUT2D eigenvalue weighted by Crippen LogP contribution is -2.36. The highest BCUT2D eigenvalue weighted by Gasteiger charge is 2.25. The molecule has 8 nitrogen and oxygen atoms in total. The van der Waals surface area contributed by atoms with E-state index in [9.17, 15) is 13.2 Å². The monoisotopic (exact) mass is 473 g/mol. The van der Waals surface area contributed by atoms with Crippen LogP contribution in [0.1, 0.15) is 50.0 Å². The lowest BCUT2D eigenvalue weighted by molar-refractivity contribution is 0.0950. The molecule has 3 heterocycles. The zero-order chi connectivity index (χ0) is 24.4. The zero-order valence-corrected chi connectivity index (χ0v) is 20.9. The number of fused-ring (bicyclic) bond motifs is 1. The Kier molecular flexibility index (Phi) is 10.0. The maximum Gasteiger partial charge on any atom is 0.253 e. The minimum Gasteiger partial charge on any atom is -0.348 e. The number of hydrogen-bond donors (Lipinski definition) is 2. The molecule has 0 radical (unpaired) electrons. The van der Waals surface area contributed by atoms with E-state index in [4.69, 9.17) is 0 Å². The van der Waals surface area contributed by atoms with Crippen LogP contribution in [0.5, 0.6) is 0 Å². The second-order valence-electron chi connectivity index (χ2n) is 7.31. The van der Waals surface area contributed by atoms with Crippen molar-refractivity contribution in [2.45, 2.75) is 51.6 Å². The van der Waals surface area contributed by atoms with Crippen molar-refractivity contribution in [2.24, 2.45) is 0 Å². The number of imidazole rings is 1. The molecule has 1 aliphatic rings. The van der Waals surface area contributed by atoms with Crippen LogP contribution in [0.2, 0.25) is 0 Å². The van der Waals surface area contributed by atoms with E-state index in [2.05, 4.69) is 19.9 Å². The molecule has 0 bridgehead atoms. The molecule has 1 atom stereocenters. The topological polar surface area (TPSA) is 95.8 Å². The summed E-state index contributed by atoms with van der Waals surface area (Å²) in [4.78, 5) is 18.9. The third-order valence-corrected chi connectivity index (χ3v) is 6.59. The molecule has 9 heteroatoms. The van der Waals surface area contributed by atoms with E-state index in [1.165, 1.54) is 0 Å². The fourth-order valence-electron chi connectivity index (χ4n) is 3.44. The van der Waals surface area contributed by atoms with Crippen LogP contribution in [0.3, 0.4) is 0 Å². The molecule has 2 aromatic heterocycles. The average Bonchev–Trinajstić information content (AvgIpc) is 3.48.